The SMILES string of the molecule is Cc1ccc(C(CN)c2ccccc2)cn1. The van der Waals surface area contributed by atoms with Gasteiger partial charge >= 0.3 is 0 Å². The lowest BCUT2D eigenvalue weighted by Crippen LogP contribution is -2.14. The summed E-state index contributed by atoms with van der Waals surface area (Å²) in [6.07, 6.45) is 1.92. The van der Waals surface area contributed by atoms with E-state index in [2.05, 4.69) is 23.2 Å². The average Bonchev–Trinajstić information content (AvgIpc) is 2.34. The van der Waals surface area contributed by atoms with Gasteiger partial charge in [0.05, 0.1) is 0 Å². The molecule has 2 N–H and O–H groups in total. The lowest BCUT2D eigenvalue weighted by Gasteiger charge is -2.15. The first-order valence-corrected chi connectivity index (χ1v) is 5.49. The van der Waals surface area contributed by atoms with Crippen LogP contribution in [0.5, 0.6) is 0 Å². The summed E-state index contributed by atoms with van der Waals surface area (Å²) in [6, 6.07) is 14.5. The number of nitrogens with two attached hydrogens (primary N) is 1. The van der Waals surface area contributed by atoms with Crippen LogP contribution in [0.4, 0.5) is 0 Å². The van der Waals surface area contributed by atoms with Crippen molar-refractivity contribution in [2.45, 2.75) is 12.8 Å². The van der Waals surface area contributed by atoms with E-state index in [1.165, 1.54) is 11.1 Å². The van der Waals surface area contributed by atoms with Crippen molar-refractivity contribution in [2.75, 3.05) is 6.54 Å². The van der Waals surface area contributed by atoms with Crippen molar-refractivity contribution in [1.82, 2.24) is 4.98 Å². The summed E-state index contributed by atoms with van der Waals surface area (Å²) in [7, 11) is 0. The van der Waals surface area contributed by atoms with Crippen LogP contribution in [0.2, 0.25) is 0 Å². The normalized spacial score (nSPS) is 12.4. The zero-order chi connectivity index (χ0) is 11.4. The molecule has 1 aromatic heterocycles. The summed E-state index contributed by atoms with van der Waals surface area (Å²) in [6.45, 7) is 2.60. The maximum Gasteiger partial charge on any atom is 0.0372 e. The Bertz CT molecular complexity index is 434. The standard InChI is InChI=1S/C14H16N2/c1-11-7-8-13(10-16-11)14(9-15)12-5-3-2-4-6-12/h2-8,10,14H,9,15H2,1H3. The number of hydrogen-bond donors (Lipinski definition) is 1. The molecule has 0 radical (unpaired) electrons. The second-order valence-electron chi connectivity index (χ2n) is 3.93. The second kappa shape index (κ2) is 4.90. The molecule has 0 aliphatic carbocycles. The monoisotopic (exact) mass is 212 g/mol. The van der Waals surface area contributed by atoms with Crippen LogP contribution in [0.15, 0.2) is 48.7 Å². The highest BCUT2D eigenvalue weighted by molar-refractivity contribution is 5.31. The second-order valence-corrected chi connectivity index (χ2v) is 3.93. The molecule has 16 heavy (non-hydrogen) atoms. The highest BCUT2D eigenvalue weighted by Crippen LogP contribution is 2.22. The van der Waals surface area contributed by atoms with E-state index in [1.807, 2.05) is 37.4 Å². The van der Waals surface area contributed by atoms with Crippen LogP contribution >= 0.6 is 0 Å². The molecular weight excluding hydrogens is 196 g/mol. The number of pyridine rings is 1. The molecule has 0 aliphatic rings. The van der Waals surface area contributed by atoms with E-state index in [0.717, 1.165) is 5.69 Å². The molecule has 2 heteroatoms. The van der Waals surface area contributed by atoms with Gasteiger partial charge in [-0.15, -0.1) is 0 Å². The van der Waals surface area contributed by atoms with Gasteiger partial charge in [0, 0.05) is 24.4 Å². The van der Waals surface area contributed by atoms with E-state index < -0.39 is 0 Å². The van der Waals surface area contributed by atoms with Gasteiger partial charge in [-0.05, 0) is 24.1 Å². The summed E-state index contributed by atoms with van der Waals surface area (Å²) in [5, 5.41) is 0. The van der Waals surface area contributed by atoms with E-state index in [9.17, 15) is 0 Å². The highest BCUT2D eigenvalue weighted by Gasteiger charge is 2.11. The third kappa shape index (κ3) is 2.28. The Morgan fingerprint density at radius 3 is 2.38 bits per heavy atom. The van der Waals surface area contributed by atoms with Crippen molar-refractivity contribution in [3.8, 4) is 0 Å². The molecule has 1 unspecified atom stereocenters. The Hall–Kier alpha value is -1.67. The molecule has 2 nitrogen and oxygen atoms in total. The topological polar surface area (TPSA) is 38.9 Å². The summed E-state index contributed by atoms with van der Waals surface area (Å²) in [4.78, 5) is 4.32. The van der Waals surface area contributed by atoms with Crippen LogP contribution in [0.25, 0.3) is 0 Å². The number of benzene rings is 1. The van der Waals surface area contributed by atoms with Gasteiger partial charge in [-0.3, -0.25) is 4.98 Å². The zero-order valence-corrected chi connectivity index (χ0v) is 9.43. The van der Waals surface area contributed by atoms with Crippen LogP contribution in [-0.4, -0.2) is 11.5 Å². The maximum atomic E-state index is 5.85. The quantitative estimate of drug-likeness (QED) is 0.849. The number of nitrogens with zero attached hydrogens (tertiary/aromatic N) is 1. The molecule has 0 fully saturated rings. The first-order valence-electron chi connectivity index (χ1n) is 5.49. The Balaban J connectivity index is 2.33. The summed E-state index contributed by atoms with van der Waals surface area (Å²) >= 11 is 0. The summed E-state index contributed by atoms with van der Waals surface area (Å²) in [5.41, 5.74) is 9.31. The molecule has 1 aromatic carbocycles. The first kappa shape index (κ1) is 10.8. The van der Waals surface area contributed by atoms with Crippen molar-refractivity contribution < 1.29 is 0 Å². The molecule has 1 atom stereocenters. The number of aromatic nitrogens is 1. The Labute approximate surface area is 96.1 Å². The van der Waals surface area contributed by atoms with E-state index in [0.29, 0.717) is 6.54 Å². The third-order valence-corrected chi connectivity index (χ3v) is 2.77. The van der Waals surface area contributed by atoms with Gasteiger partial charge in [0.25, 0.3) is 0 Å². The molecule has 2 aromatic rings. The van der Waals surface area contributed by atoms with Crippen LogP contribution in [0.3, 0.4) is 0 Å². The molecule has 0 amide bonds. The minimum atomic E-state index is 0.245. The molecule has 82 valence electrons. The fourth-order valence-corrected chi connectivity index (χ4v) is 1.84. The van der Waals surface area contributed by atoms with Gasteiger partial charge < -0.3 is 5.73 Å². The molecular formula is C14H16N2. The number of rotatable bonds is 3. The van der Waals surface area contributed by atoms with Gasteiger partial charge in [-0.2, -0.15) is 0 Å². The zero-order valence-electron chi connectivity index (χ0n) is 9.43. The van der Waals surface area contributed by atoms with Gasteiger partial charge in [0.15, 0.2) is 0 Å². The number of aryl methyl sites for hydroxylation is 1. The molecule has 0 spiro atoms. The Morgan fingerprint density at radius 2 is 1.81 bits per heavy atom. The van der Waals surface area contributed by atoms with E-state index in [4.69, 9.17) is 5.73 Å². The lowest BCUT2D eigenvalue weighted by atomic mass is 9.92. The molecule has 0 bridgehead atoms. The van der Waals surface area contributed by atoms with Gasteiger partial charge in [-0.1, -0.05) is 36.4 Å². The van der Waals surface area contributed by atoms with Crippen molar-refractivity contribution in [3.63, 3.8) is 0 Å². The van der Waals surface area contributed by atoms with Crippen molar-refractivity contribution in [2.24, 2.45) is 5.73 Å². The lowest BCUT2D eigenvalue weighted by molar-refractivity contribution is 0.812. The van der Waals surface area contributed by atoms with Crippen molar-refractivity contribution >= 4 is 0 Å². The maximum absolute atomic E-state index is 5.85. The molecule has 0 aliphatic heterocycles. The van der Waals surface area contributed by atoms with Crippen LogP contribution < -0.4 is 5.73 Å². The van der Waals surface area contributed by atoms with Gasteiger partial charge in [0.1, 0.15) is 0 Å². The summed E-state index contributed by atoms with van der Waals surface area (Å²) in [5.74, 6) is 0.245. The van der Waals surface area contributed by atoms with E-state index in [-0.39, 0.29) is 5.92 Å². The Morgan fingerprint density at radius 1 is 1.06 bits per heavy atom. The van der Waals surface area contributed by atoms with Crippen LogP contribution in [0.1, 0.15) is 22.7 Å². The molecule has 2 rings (SSSR count). The minimum absolute atomic E-state index is 0.245. The van der Waals surface area contributed by atoms with E-state index >= 15 is 0 Å². The number of hydrogen-bond acceptors (Lipinski definition) is 2. The fourth-order valence-electron chi connectivity index (χ4n) is 1.84. The Kier molecular flexibility index (Phi) is 3.32. The molecule has 1 heterocycles. The highest BCUT2D eigenvalue weighted by atomic mass is 14.7. The van der Waals surface area contributed by atoms with Crippen LogP contribution in [-0.2, 0) is 0 Å². The summed E-state index contributed by atoms with van der Waals surface area (Å²) < 4.78 is 0. The molecule has 0 saturated carbocycles. The van der Waals surface area contributed by atoms with Crippen molar-refractivity contribution in [3.05, 3.63) is 65.5 Å². The minimum Gasteiger partial charge on any atom is -0.330 e. The van der Waals surface area contributed by atoms with Gasteiger partial charge in [0.2, 0.25) is 0 Å². The molecule has 0 saturated heterocycles. The first-order chi connectivity index (χ1) is 7.81. The predicted molar refractivity (Wildman–Crippen MR) is 66.3 cm³/mol. The van der Waals surface area contributed by atoms with Gasteiger partial charge in [-0.25, -0.2) is 0 Å². The predicted octanol–water partition coefficient (Wildman–Crippen LogP) is 2.48. The van der Waals surface area contributed by atoms with Crippen molar-refractivity contribution in [1.29, 1.82) is 0 Å². The van der Waals surface area contributed by atoms with Crippen LogP contribution in [0, 0.1) is 6.92 Å². The smallest absolute Gasteiger partial charge is 0.0372 e. The average molecular weight is 212 g/mol. The van der Waals surface area contributed by atoms with E-state index in [1.54, 1.807) is 0 Å². The third-order valence-electron chi connectivity index (χ3n) is 2.77. The largest absolute Gasteiger partial charge is 0.330 e. The fraction of sp³-hybridized carbons (Fsp3) is 0.214.